The number of amides is 1. The molecule has 0 fully saturated rings. The van der Waals surface area contributed by atoms with Gasteiger partial charge in [-0.1, -0.05) is 41.9 Å². The molecule has 7 heteroatoms. The second-order valence-electron chi connectivity index (χ2n) is 4.04. The molecule has 0 unspecified atom stereocenters. The summed E-state index contributed by atoms with van der Waals surface area (Å²) in [4.78, 5) is 19.3. The van der Waals surface area contributed by atoms with Gasteiger partial charge in [0.25, 0.3) is 0 Å². The molecule has 20 heavy (non-hydrogen) atoms. The van der Waals surface area contributed by atoms with Crippen LogP contribution < -0.4 is 16.4 Å². The lowest BCUT2D eigenvalue weighted by Gasteiger charge is -2.08. The molecule has 0 saturated carbocycles. The number of nitrogens with one attached hydrogen (secondary N) is 2. The SMILES string of the molecule is Nc1ncnc(NCC(=O)NCc2ccccc2)c1Cl. The number of benzene rings is 1. The third-order valence-corrected chi connectivity index (χ3v) is 2.94. The van der Waals surface area contributed by atoms with E-state index >= 15 is 0 Å². The molecule has 0 aliphatic heterocycles. The van der Waals surface area contributed by atoms with Crippen molar-refractivity contribution in [3.8, 4) is 0 Å². The summed E-state index contributed by atoms with van der Waals surface area (Å²) < 4.78 is 0. The fourth-order valence-electron chi connectivity index (χ4n) is 1.53. The number of anilines is 2. The number of hydrogen-bond acceptors (Lipinski definition) is 5. The summed E-state index contributed by atoms with van der Waals surface area (Å²) in [6, 6.07) is 9.64. The number of carbonyl (C=O) groups is 1. The minimum absolute atomic E-state index is 0.0585. The third kappa shape index (κ3) is 3.83. The van der Waals surface area contributed by atoms with E-state index in [1.165, 1.54) is 6.33 Å². The second-order valence-corrected chi connectivity index (χ2v) is 4.42. The monoisotopic (exact) mass is 291 g/mol. The predicted octanol–water partition coefficient (Wildman–Crippen LogP) is 1.44. The zero-order chi connectivity index (χ0) is 14.4. The average molecular weight is 292 g/mol. The summed E-state index contributed by atoms with van der Waals surface area (Å²) in [6.07, 6.45) is 1.28. The van der Waals surface area contributed by atoms with Crippen LogP contribution in [0.1, 0.15) is 5.56 Å². The molecule has 0 radical (unpaired) electrons. The molecule has 6 nitrogen and oxygen atoms in total. The van der Waals surface area contributed by atoms with Crippen molar-refractivity contribution in [2.24, 2.45) is 0 Å². The van der Waals surface area contributed by atoms with E-state index in [-0.39, 0.29) is 23.3 Å². The number of nitrogens with zero attached hydrogens (tertiary/aromatic N) is 2. The van der Waals surface area contributed by atoms with E-state index in [0.29, 0.717) is 12.4 Å². The molecule has 0 atom stereocenters. The van der Waals surface area contributed by atoms with Crippen LogP contribution in [0.3, 0.4) is 0 Å². The summed E-state index contributed by atoms with van der Waals surface area (Å²) in [6.45, 7) is 0.532. The first-order valence-electron chi connectivity index (χ1n) is 5.97. The van der Waals surface area contributed by atoms with Crippen LogP contribution in [0.25, 0.3) is 0 Å². The topological polar surface area (TPSA) is 92.9 Å². The number of aromatic nitrogens is 2. The van der Waals surface area contributed by atoms with Crippen molar-refractivity contribution in [2.75, 3.05) is 17.6 Å². The molecule has 4 N–H and O–H groups in total. The van der Waals surface area contributed by atoms with E-state index in [1.807, 2.05) is 30.3 Å². The van der Waals surface area contributed by atoms with Crippen molar-refractivity contribution in [2.45, 2.75) is 6.54 Å². The molecule has 2 rings (SSSR count). The third-order valence-electron chi connectivity index (χ3n) is 2.57. The van der Waals surface area contributed by atoms with Crippen LogP contribution in [0, 0.1) is 0 Å². The van der Waals surface area contributed by atoms with Gasteiger partial charge in [-0.3, -0.25) is 4.79 Å². The number of halogens is 1. The van der Waals surface area contributed by atoms with Crippen molar-refractivity contribution in [3.63, 3.8) is 0 Å². The van der Waals surface area contributed by atoms with E-state index in [4.69, 9.17) is 17.3 Å². The number of nitrogens with two attached hydrogens (primary N) is 1. The van der Waals surface area contributed by atoms with Crippen molar-refractivity contribution >= 4 is 29.1 Å². The molecular weight excluding hydrogens is 278 g/mol. The highest BCUT2D eigenvalue weighted by Gasteiger charge is 2.07. The van der Waals surface area contributed by atoms with E-state index < -0.39 is 0 Å². The molecule has 0 spiro atoms. The minimum Gasteiger partial charge on any atom is -0.382 e. The van der Waals surface area contributed by atoms with E-state index in [9.17, 15) is 4.79 Å². The average Bonchev–Trinajstić information content (AvgIpc) is 2.48. The van der Waals surface area contributed by atoms with Gasteiger partial charge >= 0.3 is 0 Å². The molecule has 1 aromatic carbocycles. The maximum atomic E-state index is 11.7. The van der Waals surface area contributed by atoms with Gasteiger partial charge in [0.05, 0.1) is 6.54 Å². The van der Waals surface area contributed by atoms with Gasteiger partial charge in [0.2, 0.25) is 5.91 Å². The highest BCUT2D eigenvalue weighted by atomic mass is 35.5. The van der Waals surface area contributed by atoms with Crippen molar-refractivity contribution in [1.82, 2.24) is 15.3 Å². The van der Waals surface area contributed by atoms with Gasteiger partial charge < -0.3 is 16.4 Å². The molecule has 0 bridgehead atoms. The van der Waals surface area contributed by atoms with Crippen LogP contribution in [0.15, 0.2) is 36.7 Å². The second kappa shape index (κ2) is 6.72. The number of rotatable bonds is 5. The smallest absolute Gasteiger partial charge is 0.239 e. The van der Waals surface area contributed by atoms with Gasteiger partial charge in [0, 0.05) is 6.54 Å². The molecule has 0 saturated heterocycles. The van der Waals surface area contributed by atoms with Gasteiger partial charge in [-0.25, -0.2) is 9.97 Å². The Hall–Kier alpha value is -2.34. The van der Waals surface area contributed by atoms with Gasteiger partial charge in [-0.05, 0) is 5.56 Å². The first-order chi connectivity index (χ1) is 9.66. The highest BCUT2D eigenvalue weighted by Crippen LogP contribution is 2.22. The minimum atomic E-state index is -0.165. The fraction of sp³-hybridized carbons (Fsp3) is 0.154. The van der Waals surface area contributed by atoms with E-state index in [0.717, 1.165) is 5.56 Å². The largest absolute Gasteiger partial charge is 0.382 e. The zero-order valence-electron chi connectivity index (χ0n) is 10.6. The maximum Gasteiger partial charge on any atom is 0.239 e. The van der Waals surface area contributed by atoms with Gasteiger partial charge in [-0.15, -0.1) is 0 Å². The Morgan fingerprint density at radius 2 is 2.00 bits per heavy atom. The molecule has 1 amide bonds. The van der Waals surface area contributed by atoms with Crippen LogP contribution in [0.4, 0.5) is 11.6 Å². The van der Waals surface area contributed by atoms with Crippen molar-refractivity contribution in [1.29, 1.82) is 0 Å². The number of hydrogen-bond donors (Lipinski definition) is 3. The Kier molecular flexibility index (Phi) is 4.73. The molecular formula is C13H14ClN5O. The Morgan fingerprint density at radius 3 is 2.75 bits per heavy atom. The number of nitrogen functional groups attached to an aromatic ring is 1. The zero-order valence-corrected chi connectivity index (χ0v) is 11.4. The van der Waals surface area contributed by atoms with E-state index in [2.05, 4.69) is 20.6 Å². The Balaban J connectivity index is 1.82. The lowest BCUT2D eigenvalue weighted by molar-refractivity contribution is -0.119. The molecule has 2 aromatic rings. The summed E-state index contributed by atoms with van der Waals surface area (Å²) in [5, 5.41) is 5.81. The van der Waals surface area contributed by atoms with Crippen LogP contribution in [0.5, 0.6) is 0 Å². The quantitative estimate of drug-likeness (QED) is 0.775. The van der Waals surface area contributed by atoms with Crippen molar-refractivity contribution in [3.05, 3.63) is 47.2 Å². The summed E-state index contributed by atoms with van der Waals surface area (Å²) in [5.41, 5.74) is 6.57. The van der Waals surface area contributed by atoms with Gasteiger partial charge in [-0.2, -0.15) is 0 Å². The van der Waals surface area contributed by atoms with Crippen LogP contribution in [0.2, 0.25) is 5.02 Å². The summed E-state index contributed by atoms with van der Waals surface area (Å²) in [7, 11) is 0. The molecule has 1 aromatic heterocycles. The highest BCUT2D eigenvalue weighted by molar-refractivity contribution is 6.35. The maximum absolute atomic E-state index is 11.7. The molecule has 104 valence electrons. The molecule has 1 heterocycles. The fourth-order valence-corrected chi connectivity index (χ4v) is 1.69. The van der Waals surface area contributed by atoms with Gasteiger partial charge in [0.1, 0.15) is 17.2 Å². The van der Waals surface area contributed by atoms with Crippen LogP contribution >= 0.6 is 11.6 Å². The van der Waals surface area contributed by atoms with E-state index in [1.54, 1.807) is 0 Å². The molecule has 0 aliphatic carbocycles. The first-order valence-corrected chi connectivity index (χ1v) is 6.35. The lowest BCUT2D eigenvalue weighted by Crippen LogP contribution is -2.29. The van der Waals surface area contributed by atoms with Crippen LogP contribution in [-0.2, 0) is 11.3 Å². The van der Waals surface area contributed by atoms with Gasteiger partial charge in [0.15, 0.2) is 5.82 Å². The predicted molar refractivity (Wildman–Crippen MR) is 78.2 cm³/mol. The standard InChI is InChI=1S/C13H14ClN5O/c14-11-12(15)18-8-19-13(11)17-7-10(20)16-6-9-4-2-1-3-5-9/h1-5,8H,6-7H2,(H,16,20)(H3,15,17,18,19). The van der Waals surface area contributed by atoms with Crippen molar-refractivity contribution < 1.29 is 4.79 Å². The Bertz CT molecular complexity index is 591. The van der Waals surface area contributed by atoms with Crippen LogP contribution in [-0.4, -0.2) is 22.4 Å². The Labute approximate surface area is 121 Å². The normalized spacial score (nSPS) is 10.1. The summed E-state index contributed by atoms with van der Waals surface area (Å²) in [5.74, 6) is 0.352. The molecule has 0 aliphatic rings. The first kappa shape index (κ1) is 14.1. The number of carbonyl (C=O) groups excluding carboxylic acids is 1. The summed E-state index contributed by atoms with van der Waals surface area (Å²) >= 11 is 5.91. The lowest BCUT2D eigenvalue weighted by atomic mass is 10.2. The Morgan fingerprint density at radius 1 is 1.25 bits per heavy atom.